The third kappa shape index (κ3) is 4.67. The van der Waals surface area contributed by atoms with Crippen molar-refractivity contribution in [3.8, 4) is 5.95 Å². The molecular formula is C11H17N7O2S. The number of sulfone groups is 1. The van der Waals surface area contributed by atoms with Crippen molar-refractivity contribution in [1.82, 2.24) is 24.7 Å². The summed E-state index contributed by atoms with van der Waals surface area (Å²) in [5, 5.41) is 9.89. The normalized spacial score (nSPS) is 11.3. The van der Waals surface area contributed by atoms with Crippen molar-refractivity contribution in [3.05, 3.63) is 18.5 Å². The van der Waals surface area contributed by atoms with Crippen LogP contribution in [0, 0.1) is 0 Å². The highest BCUT2D eigenvalue weighted by molar-refractivity contribution is 7.90. The summed E-state index contributed by atoms with van der Waals surface area (Å²) < 4.78 is 23.6. The van der Waals surface area contributed by atoms with Crippen molar-refractivity contribution in [2.75, 3.05) is 36.2 Å². The Kier molecular flexibility index (Phi) is 4.68. The molecule has 2 aromatic heterocycles. The van der Waals surface area contributed by atoms with Gasteiger partial charge in [-0.3, -0.25) is 0 Å². The fraction of sp³-hybridized carbons (Fsp3) is 0.455. The van der Waals surface area contributed by atoms with Gasteiger partial charge in [-0.1, -0.05) is 0 Å². The molecule has 0 atom stereocenters. The van der Waals surface area contributed by atoms with Gasteiger partial charge >= 0.3 is 0 Å². The zero-order chi connectivity index (χ0) is 15.3. The van der Waals surface area contributed by atoms with Gasteiger partial charge in [-0.2, -0.15) is 20.1 Å². The van der Waals surface area contributed by atoms with Gasteiger partial charge in [0.2, 0.25) is 11.9 Å². The Morgan fingerprint density at radius 1 is 1.24 bits per heavy atom. The second kappa shape index (κ2) is 6.48. The van der Waals surface area contributed by atoms with Gasteiger partial charge < -0.3 is 10.6 Å². The van der Waals surface area contributed by atoms with Crippen molar-refractivity contribution >= 4 is 21.7 Å². The molecule has 0 aliphatic rings. The average molecular weight is 311 g/mol. The molecule has 0 amide bonds. The standard InChI is InChI=1S/C11H17N7O2S/c1-12-9-15-10(13-5-4-8-21(2,19)20)17-11(16-9)18-7-3-6-14-18/h3,6-7H,4-5,8H2,1-2H3,(H2,12,13,15,16,17). The van der Waals surface area contributed by atoms with Gasteiger partial charge in [-0.15, -0.1) is 0 Å². The molecule has 0 fully saturated rings. The maximum Gasteiger partial charge on any atom is 0.257 e. The Bertz CT molecular complexity index is 685. The summed E-state index contributed by atoms with van der Waals surface area (Å²) in [6, 6.07) is 1.77. The molecule has 0 radical (unpaired) electrons. The van der Waals surface area contributed by atoms with E-state index in [4.69, 9.17) is 0 Å². The Morgan fingerprint density at radius 2 is 2.00 bits per heavy atom. The molecule has 2 heterocycles. The first-order chi connectivity index (χ1) is 9.98. The van der Waals surface area contributed by atoms with Crippen LogP contribution in [0.25, 0.3) is 5.95 Å². The quantitative estimate of drug-likeness (QED) is 0.684. The number of rotatable bonds is 7. The van der Waals surface area contributed by atoms with E-state index in [0.29, 0.717) is 30.8 Å². The minimum atomic E-state index is -2.95. The van der Waals surface area contributed by atoms with Crippen LogP contribution in [0.1, 0.15) is 6.42 Å². The first-order valence-electron chi connectivity index (χ1n) is 6.33. The van der Waals surface area contributed by atoms with E-state index >= 15 is 0 Å². The summed E-state index contributed by atoms with van der Waals surface area (Å²) in [6.45, 7) is 0.457. The van der Waals surface area contributed by atoms with E-state index in [0.717, 1.165) is 0 Å². The number of anilines is 2. The van der Waals surface area contributed by atoms with Gasteiger partial charge in [0.05, 0.1) is 5.75 Å². The Balaban J connectivity index is 2.07. The molecule has 0 aliphatic carbocycles. The summed E-state index contributed by atoms with van der Waals surface area (Å²) in [5.74, 6) is 1.27. The molecule has 2 N–H and O–H groups in total. The van der Waals surface area contributed by atoms with Gasteiger partial charge in [-0.05, 0) is 12.5 Å². The van der Waals surface area contributed by atoms with Crippen LogP contribution in [0.4, 0.5) is 11.9 Å². The molecule has 2 rings (SSSR count). The highest BCUT2D eigenvalue weighted by Crippen LogP contribution is 2.08. The third-order valence-corrected chi connectivity index (χ3v) is 3.56. The molecule has 0 saturated carbocycles. The van der Waals surface area contributed by atoms with E-state index < -0.39 is 9.84 Å². The maximum absolute atomic E-state index is 11.1. The number of aromatic nitrogens is 5. The third-order valence-electron chi connectivity index (χ3n) is 2.53. The van der Waals surface area contributed by atoms with Crippen LogP contribution < -0.4 is 10.6 Å². The topological polar surface area (TPSA) is 115 Å². The molecule has 9 nitrogen and oxygen atoms in total. The fourth-order valence-corrected chi connectivity index (χ4v) is 2.25. The van der Waals surface area contributed by atoms with Crippen LogP contribution in [0.2, 0.25) is 0 Å². The van der Waals surface area contributed by atoms with Crippen LogP contribution in [-0.2, 0) is 9.84 Å². The lowest BCUT2D eigenvalue weighted by molar-refractivity contribution is 0.600. The second-order valence-corrected chi connectivity index (χ2v) is 6.65. The zero-order valence-electron chi connectivity index (χ0n) is 11.8. The van der Waals surface area contributed by atoms with E-state index in [2.05, 4.69) is 30.7 Å². The zero-order valence-corrected chi connectivity index (χ0v) is 12.6. The lowest BCUT2D eigenvalue weighted by Crippen LogP contribution is -2.14. The van der Waals surface area contributed by atoms with Crippen molar-refractivity contribution in [1.29, 1.82) is 0 Å². The van der Waals surface area contributed by atoms with Crippen LogP contribution in [0.15, 0.2) is 18.5 Å². The fourth-order valence-electron chi connectivity index (χ4n) is 1.58. The Hall–Kier alpha value is -2.23. The summed E-state index contributed by atoms with van der Waals surface area (Å²) in [5.41, 5.74) is 0. The first-order valence-corrected chi connectivity index (χ1v) is 8.39. The summed E-state index contributed by atoms with van der Waals surface area (Å²) in [6.07, 6.45) is 5.05. The van der Waals surface area contributed by atoms with E-state index in [1.165, 1.54) is 10.9 Å². The van der Waals surface area contributed by atoms with E-state index in [9.17, 15) is 8.42 Å². The highest BCUT2D eigenvalue weighted by Gasteiger charge is 2.08. The van der Waals surface area contributed by atoms with E-state index in [1.54, 1.807) is 25.5 Å². The molecule has 10 heteroatoms. The molecule has 114 valence electrons. The molecule has 0 unspecified atom stereocenters. The maximum atomic E-state index is 11.1. The highest BCUT2D eigenvalue weighted by atomic mass is 32.2. The monoisotopic (exact) mass is 311 g/mol. The molecule has 0 aliphatic heterocycles. The van der Waals surface area contributed by atoms with Crippen molar-refractivity contribution in [2.24, 2.45) is 0 Å². The molecule has 0 aromatic carbocycles. The van der Waals surface area contributed by atoms with E-state index in [1.807, 2.05) is 0 Å². The molecule has 0 saturated heterocycles. The lowest BCUT2D eigenvalue weighted by Gasteiger charge is -2.08. The Morgan fingerprint density at radius 3 is 2.62 bits per heavy atom. The van der Waals surface area contributed by atoms with Gasteiger partial charge in [0.1, 0.15) is 9.84 Å². The molecular weight excluding hydrogens is 294 g/mol. The van der Waals surface area contributed by atoms with Gasteiger partial charge in [0.15, 0.2) is 0 Å². The lowest BCUT2D eigenvalue weighted by atomic mass is 10.5. The van der Waals surface area contributed by atoms with Crippen LogP contribution in [0.3, 0.4) is 0 Å². The largest absolute Gasteiger partial charge is 0.357 e. The Labute approximate surface area is 122 Å². The first kappa shape index (κ1) is 15.2. The minimum absolute atomic E-state index is 0.121. The summed E-state index contributed by atoms with van der Waals surface area (Å²) in [7, 11) is -1.25. The van der Waals surface area contributed by atoms with Crippen LogP contribution in [-0.4, -0.2) is 58.8 Å². The van der Waals surface area contributed by atoms with Gasteiger partial charge in [-0.25, -0.2) is 13.1 Å². The number of hydrogen-bond donors (Lipinski definition) is 2. The number of hydrogen-bond acceptors (Lipinski definition) is 8. The number of nitrogens with zero attached hydrogens (tertiary/aromatic N) is 5. The van der Waals surface area contributed by atoms with Gasteiger partial charge in [0, 0.05) is 32.2 Å². The van der Waals surface area contributed by atoms with Crippen molar-refractivity contribution in [3.63, 3.8) is 0 Å². The SMILES string of the molecule is CNc1nc(NCCCS(C)(=O)=O)nc(-n2cccn2)n1. The number of nitrogens with one attached hydrogen (secondary N) is 2. The predicted molar refractivity (Wildman–Crippen MR) is 79.3 cm³/mol. The summed E-state index contributed by atoms with van der Waals surface area (Å²) >= 11 is 0. The van der Waals surface area contributed by atoms with Gasteiger partial charge in [0.25, 0.3) is 5.95 Å². The summed E-state index contributed by atoms with van der Waals surface area (Å²) in [4.78, 5) is 12.6. The minimum Gasteiger partial charge on any atom is -0.357 e. The molecule has 0 spiro atoms. The van der Waals surface area contributed by atoms with Crippen molar-refractivity contribution in [2.45, 2.75) is 6.42 Å². The molecule has 0 bridgehead atoms. The van der Waals surface area contributed by atoms with E-state index in [-0.39, 0.29) is 5.75 Å². The second-order valence-electron chi connectivity index (χ2n) is 4.39. The smallest absolute Gasteiger partial charge is 0.257 e. The average Bonchev–Trinajstić information content (AvgIpc) is 2.96. The van der Waals surface area contributed by atoms with Crippen LogP contribution >= 0.6 is 0 Å². The van der Waals surface area contributed by atoms with Crippen molar-refractivity contribution < 1.29 is 8.42 Å². The van der Waals surface area contributed by atoms with Crippen LogP contribution in [0.5, 0.6) is 0 Å². The molecule has 2 aromatic rings. The predicted octanol–water partition coefficient (Wildman–Crippen LogP) is -0.0544. The molecule has 21 heavy (non-hydrogen) atoms.